The first-order valence-electron chi connectivity index (χ1n) is 9.11. The first-order chi connectivity index (χ1) is 13.8. The van der Waals surface area contributed by atoms with E-state index in [1.54, 1.807) is 43.3 Å². The van der Waals surface area contributed by atoms with Gasteiger partial charge >= 0.3 is 5.97 Å². The van der Waals surface area contributed by atoms with Gasteiger partial charge in [0, 0.05) is 18.9 Å². The van der Waals surface area contributed by atoms with Crippen LogP contribution in [0, 0.1) is 5.41 Å². The van der Waals surface area contributed by atoms with Crippen molar-refractivity contribution in [3.8, 4) is 22.8 Å². The molecule has 0 bridgehead atoms. The van der Waals surface area contributed by atoms with Crippen molar-refractivity contribution in [3.05, 3.63) is 57.7 Å². The number of hydrogen-bond acceptors (Lipinski definition) is 5. The summed E-state index contributed by atoms with van der Waals surface area (Å²) in [5, 5.41) is 9.99. The molecule has 2 aromatic carbocycles. The SMILES string of the molecule is COc1ccc(OC2CC(C)(C(=O)O)C2)cc1-c1cc(=O)c2cccc(Cl)c2o1. The standard InChI is InChI=1S/C22H19ClO6/c1-22(21(25)26)10-13(11-22)28-12-6-7-18(27-2)15(8-12)19-9-17(24)14-4-3-5-16(23)20(14)29-19/h3-9,13H,10-11H2,1-2H3,(H,25,26). The Hall–Kier alpha value is -2.99. The van der Waals surface area contributed by atoms with Crippen molar-refractivity contribution >= 4 is 28.5 Å². The Labute approximate surface area is 171 Å². The fourth-order valence-corrected chi connectivity index (χ4v) is 3.84. The fraction of sp³-hybridized carbons (Fsp3) is 0.273. The van der Waals surface area contributed by atoms with Gasteiger partial charge in [0.1, 0.15) is 23.4 Å². The van der Waals surface area contributed by atoms with Gasteiger partial charge in [0.15, 0.2) is 11.0 Å². The first kappa shape index (κ1) is 19.3. The Kier molecular flexibility index (Phi) is 4.74. The van der Waals surface area contributed by atoms with Crippen LogP contribution in [0.1, 0.15) is 19.8 Å². The molecule has 0 atom stereocenters. The summed E-state index contributed by atoms with van der Waals surface area (Å²) in [6, 6.07) is 11.6. The van der Waals surface area contributed by atoms with Gasteiger partial charge in [-0.2, -0.15) is 0 Å². The van der Waals surface area contributed by atoms with Crippen molar-refractivity contribution in [2.75, 3.05) is 7.11 Å². The van der Waals surface area contributed by atoms with Crippen LogP contribution in [0.4, 0.5) is 0 Å². The maximum atomic E-state index is 12.5. The van der Waals surface area contributed by atoms with Crippen molar-refractivity contribution < 1.29 is 23.8 Å². The lowest BCUT2D eigenvalue weighted by Gasteiger charge is -2.41. The molecule has 1 heterocycles. The average Bonchev–Trinajstić information content (AvgIpc) is 2.67. The number of aliphatic carboxylic acids is 1. The van der Waals surface area contributed by atoms with Crippen molar-refractivity contribution in [2.24, 2.45) is 5.41 Å². The lowest BCUT2D eigenvalue weighted by molar-refractivity contribution is -0.159. The molecule has 0 unspecified atom stereocenters. The zero-order valence-corrected chi connectivity index (χ0v) is 16.7. The van der Waals surface area contributed by atoms with E-state index in [4.69, 9.17) is 25.5 Å². The summed E-state index contributed by atoms with van der Waals surface area (Å²) in [5.74, 6) is 0.542. The largest absolute Gasteiger partial charge is 0.496 e. The van der Waals surface area contributed by atoms with Gasteiger partial charge in [-0.15, -0.1) is 0 Å². The van der Waals surface area contributed by atoms with Gasteiger partial charge in [-0.25, -0.2) is 0 Å². The summed E-state index contributed by atoms with van der Waals surface area (Å²) < 4.78 is 17.3. The second kappa shape index (κ2) is 7.12. The van der Waals surface area contributed by atoms with Crippen molar-refractivity contribution in [1.82, 2.24) is 0 Å². The Balaban J connectivity index is 1.70. The van der Waals surface area contributed by atoms with Gasteiger partial charge in [-0.3, -0.25) is 9.59 Å². The van der Waals surface area contributed by atoms with E-state index in [0.717, 1.165) is 0 Å². The molecule has 0 radical (unpaired) electrons. The molecule has 0 aliphatic heterocycles. The fourth-order valence-electron chi connectivity index (χ4n) is 3.62. The number of para-hydroxylation sites is 1. The summed E-state index contributed by atoms with van der Waals surface area (Å²) >= 11 is 6.20. The van der Waals surface area contributed by atoms with E-state index in [1.807, 2.05) is 0 Å². The monoisotopic (exact) mass is 414 g/mol. The number of rotatable bonds is 5. The van der Waals surface area contributed by atoms with Crippen molar-refractivity contribution in [2.45, 2.75) is 25.9 Å². The molecular weight excluding hydrogens is 396 g/mol. The van der Waals surface area contributed by atoms with E-state index >= 15 is 0 Å². The zero-order chi connectivity index (χ0) is 20.8. The van der Waals surface area contributed by atoms with Crippen LogP contribution in [-0.4, -0.2) is 24.3 Å². The van der Waals surface area contributed by atoms with E-state index in [-0.39, 0.29) is 11.5 Å². The number of fused-ring (bicyclic) bond motifs is 1. The highest BCUT2D eigenvalue weighted by atomic mass is 35.5. The number of carbonyl (C=O) groups is 1. The van der Waals surface area contributed by atoms with Crippen molar-refractivity contribution in [3.63, 3.8) is 0 Å². The van der Waals surface area contributed by atoms with Crippen LogP contribution in [0.5, 0.6) is 11.5 Å². The minimum Gasteiger partial charge on any atom is -0.496 e. The Morgan fingerprint density at radius 1 is 1.24 bits per heavy atom. The van der Waals surface area contributed by atoms with Gasteiger partial charge in [0.05, 0.1) is 28.5 Å². The topological polar surface area (TPSA) is 86.0 Å². The van der Waals surface area contributed by atoms with E-state index < -0.39 is 11.4 Å². The molecule has 1 saturated carbocycles. The van der Waals surface area contributed by atoms with Crippen LogP contribution >= 0.6 is 11.6 Å². The molecule has 1 fully saturated rings. The van der Waals surface area contributed by atoms with E-state index in [0.29, 0.717) is 51.7 Å². The number of carboxylic acids is 1. The molecular formula is C22H19ClO6. The molecule has 150 valence electrons. The van der Waals surface area contributed by atoms with Gasteiger partial charge in [-0.1, -0.05) is 17.7 Å². The lowest BCUT2D eigenvalue weighted by Crippen LogP contribution is -2.47. The normalized spacial score (nSPS) is 20.9. The van der Waals surface area contributed by atoms with E-state index in [1.165, 1.54) is 13.2 Å². The molecule has 0 amide bonds. The van der Waals surface area contributed by atoms with Crippen LogP contribution in [0.2, 0.25) is 5.02 Å². The third kappa shape index (κ3) is 3.44. The summed E-state index contributed by atoms with van der Waals surface area (Å²) in [6.45, 7) is 1.71. The predicted octanol–water partition coefficient (Wildman–Crippen LogP) is 4.75. The first-order valence-corrected chi connectivity index (χ1v) is 9.49. The molecule has 6 nitrogen and oxygen atoms in total. The van der Waals surface area contributed by atoms with Crippen LogP contribution in [0.3, 0.4) is 0 Å². The number of carboxylic acid groups (broad SMARTS) is 1. The second-order valence-electron chi connectivity index (χ2n) is 7.47. The Morgan fingerprint density at radius 3 is 2.69 bits per heavy atom. The Bertz CT molecular complexity index is 1160. The molecule has 1 N–H and O–H groups in total. The molecule has 7 heteroatoms. The predicted molar refractivity (Wildman–Crippen MR) is 109 cm³/mol. The number of halogens is 1. The van der Waals surface area contributed by atoms with Gasteiger partial charge < -0.3 is 19.0 Å². The number of ether oxygens (including phenoxy) is 2. The summed E-state index contributed by atoms with van der Waals surface area (Å²) in [5.41, 5.74) is -0.110. The summed E-state index contributed by atoms with van der Waals surface area (Å²) in [4.78, 5) is 23.8. The summed E-state index contributed by atoms with van der Waals surface area (Å²) in [7, 11) is 1.52. The molecule has 1 aliphatic carbocycles. The van der Waals surface area contributed by atoms with Crippen LogP contribution in [0.15, 0.2) is 51.7 Å². The third-order valence-corrected chi connectivity index (χ3v) is 5.62. The average molecular weight is 415 g/mol. The molecule has 1 aliphatic rings. The molecule has 3 aromatic rings. The smallest absolute Gasteiger partial charge is 0.309 e. The number of benzene rings is 2. The Morgan fingerprint density at radius 2 is 2.00 bits per heavy atom. The van der Waals surface area contributed by atoms with Crippen LogP contribution in [-0.2, 0) is 4.79 Å². The highest BCUT2D eigenvalue weighted by Gasteiger charge is 2.47. The van der Waals surface area contributed by atoms with Gasteiger partial charge in [-0.05, 0) is 37.3 Å². The highest BCUT2D eigenvalue weighted by molar-refractivity contribution is 6.34. The van der Waals surface area contributed by atoms with Crippen molar-refractivity contribution in [1.29, 1.82) is 0 Å². The summed E-state index contributed by atoms with van der Waals surface area (Å²) in [6.07, 6.45) is 0.685. The highest BCUT2D eigenvalue weighted by Crippen LogP contribution is 2.44. The molecule has 1 aromatic heterocycles. The molecule has 29 heavy (non-hydrogen) atoms. The van der Waals surface area contributed by atoms with E-state index in [9.17, 15) is 14.7 Å². The zero-order valence-electron chi connectivity index (χ0n) is 15.9. The second-order valence-corrected chi connectivity index (χ2v) is 7.87. The third-order valence-electron chi connectivity index (χ3n) is 5.32. The van der Waals surface area contributed by atoms with Crippen LogP contribution in [0.25, 0.3) is 22.3 Å². The minimum atomic E-state index is -0.817. The van der Waals surface area contributed by atoms with E-state index in [2.05, 4.69) is 0 Å². The van der Waals surface area contributed by atoms with Gasteiger partial charge in [0.25, 0.3) is 0 Å². The number of methoxy groups -OCH3 is 1. The van der Waals surface area contributed by atoms with Crippen LogP contribution < -0.4 is 14.9 Å². The van der Waals surface area contributed by atoms with Gasteiger partial charge in [0.2, 0.25) is 0 Å². The molecule has 4 rings (SSSR count). The minimum absolute atomic E-state index is 0.185. The maximum Gasteiger partial charge on any atom is 0.309 e. The number of hydrogen-bond donors (Lipinski definition) is 1. The lowest BCUT2D eigenvalue weighted by atomic mass is 9.68. The molecule has 0 spiro atoms. The quantitative estimate of drug-likeness (QED) is 0.648. The molecule has 0 saturated heterocycles. The maximum absolute atomic E-state index is 12.5.